The molecule has 1 aliphatic heterocycles. The van der Waals surface area contributed by atoms with Crippen molar-refractivity contribution in [1.29, 1.82) is 0 Å². The molecule has 3 nitrogen and oxygen atoms in total. The van der Waals surface area contributed by atoms with Gasteiger partial charge in [0.05, 0.1) is 17.4 Å². The second-order valence-electron chi connectivity index (χ2n) is 8.11. The fraction of sp³-hybridized carbons (Fsp3) is 0.318. The van der Waals surface area contributed by atoms with Gasteiger partial charge in [0.25, 0.3) is 0 Å². The summed E-state index contributed by atoms with van der Waals surface area (Å²) < 4.78 is 0. The number of fused-ring (bicyclic) bond motifs is 1. The number of allylic oxidation sites excluding steroid dienone is 1. The number of rotatable bonds is 1. The van der Waals surface area contributed by atoms with Crippen LogP contribution in [0.3, 0.4) is 0 Å². The lowest BCUT2D eigenvalue weighted by molar-refractivity contribution is -0.118. The molecule has 4 rings (SSSR count). The number of nitrogens with one attached hydrogen (secondary N) is 2. The fourth-order valence-electron chi connectivity index (χ4n) is 4.00. The Morgan fingerprint density at radius 3 is 2.62 bits per heavy atom. The Bertz CT molecular complexity index is 929. The van der Waals surface area contributed by atoms with Crippen LogP contribution in [0.2, 0.25) is 5.02 Å². The van der Waals surface area contributed by atoms with E-state index >= 15 is 0 Å². The highest BCUT2D eigenvalue weighted by Crippen LogP contribution is 2.46. The van der Waals surface area contributed by atoms with E-state index in [0.717, 1.165) is 34.6 Å². The molecular formula is C22H23ClN2O. The van der Waals surface area contributed by atoms with Gasteiger partial charge in [-0.15, -0.1) is 0 Å². The molecule has 0 amide bonds. The lowest BCUT2D eigenvalue weighted by atomic mass is 9.73. The van der Waals surface area contributed by atoms with Crippen molar-refractivity contribution in [3.8, 4) is 0 Å². The quantitative estimate of drug-likeness (QED) is 0.663. The molecule has 1 heterocycles. The van der Waals surface area contributed by atoms with Crippen LogP contribution in [0.25, 0.3) is 0 Å². The number of hydrogen-bond donors (Lipinski definition) is 2. The number of halogens is 1. The molecule has 134 valence electrons. The molecule has 2 aromatic rings. The van der Waals surface area contributed by atoms with Gasteiger partial charge in [-0.2, -0.15) is 0 Å². The van der Waals surface area contributed by atoms with Gasteiger partial charge in [-0.3, -0.25) is 4.79 Å². The van der Waals surface area contributed by atoms with Crippen molar-refractivity contribution in [2.45, 2.75) is 39.7 Å². The van der Waals surface area contributed by atoms with Crippen molar-refractivity contribution >= 4 is 28.8 Å². The van der Waals surface area contributed by atoms with Crippen LogP contribution < -0.4 is 10.6 Å². The molecule has 2 aliphatic rings. The Hall–Kier alpha value is -2.26. The van der Waals surface area contributed by atoms with Crippen LogP contribution in [0.1, 0.15) is 43.9 Å². The van der Waals surface area contributed by atoms with Gasteiger partial charge in [0, 0.05) is 22.7 Å². The predicted molar refractivity (Wildman–Crippen MR) is 108 cm³/mol. The summed E-state index contributed by atoms with van der Waals surface area (Å²) in [7, 11) is 0. The summed E-state index contributed by atoms with van der Waals surface area (Å²) in [5.74, 6) is 0.186. The summed E-state index contributed by atoms with van der Waals surface area (Å²) in [6.45, 7) is 6.36. The third kappa shape index (κ3) is 3.01. The van der Waals surface area contributed by atoms with E-state index in [4.69, 9.17) is 11.6 Å². The van der Waals surface area contributed by atoms with Crippen LogP contribution in [0.5, 0.6) is 0 Å². The number of ketones is 1. The Morgan fingerprint density at radius 2 is 1.85 bits per heavy atom. The third-order valence-electron chi connectivity index (χ3n) is 5.19. The average Bonchev–Trinajstić information content (AvgIpc) is 2.70. The predicted octanol–water partition coefficient (Wildman–Crippen LogP) is 5.87. The molecule has 4 heteroatoms. The van der Waals surface area contributed by atoms with Gasteiger partial charge in [0.2, 0.25) is 0 Å². The van der Waals surface area contributed by atoms with Crippen molar-refractivity contribution < 1.29 is 4.79 Å². The first kappa shape index (κ1) is 17.2. The van der Waals surface area contributed by atoms with Crippen molar-refractivity contribution in [2.75, 3.05) is 10.6 Å². The Kier molecular flexibility index (Phi) is 4.07. The van der Waals surface area contributed by atoms with Crippen LogP contribution in [0.15, 0.2) is 53.7 Å². The maximum absolute atomic E-state index is 13.1. The number of hydrogen-bond acceptors (Lipinski definition) is 3. The minimum atomic E-state index is -0.252. The molecule has 0 saturated heterocycles. The molecule has 0 saturated carbocycles. The molecule has 0 radical (unpaired) electrons. The van der Waals surface area contributed by atoms with Crippen LogP contribution in [-0.4, -0.2) is 5.78 Å². The zero-order chi connectivity index (χ0) is 18.5. The lowest BCUT2D eigenvalue weighted by Crippen LogP contribution is -2.31. The fourth-order valence-corrected chi connectivity index (χ4v) is 4.25. The normalized spacial score (nSPS) is 21.2. The molecule has 2 N–H and O–H groups in total. The number of aryl methyl sites for hydroxylation is 1. The van der Waals surface area contributed by atoms with E-state index in [1.807, 2.05) is 24.3 Å². The molecule has 1 atom stereocenters. The van der Waals surface area contributed by atoms with Crippen LogP contribution in [-0.2, 0) is 4.79 Å². The maximum atomic E-state index is 13.1. The summed E-state index contributed by atoms with van der Waals surface area (Å²) in [5, 5.41) is 7.81. The summed E-state index contributed by atoms with van der Waals surface area (Å²) in [6, 6.07) is 13.8. The number of Topliss-reactive ketones (excluding diaryl/α,β-unsaturated/α-hetero) is 1. The van der Waals surface area contributed by atoms with E-state index in [9.17, 15) is 4.79 Å². The first-order chi connectivity index (χ1) is 12.3. The molecule has 0 bridgehead atoms. The number of carbonyl (C=O) groups excluding carboxylic acids is 1. The van der Waals surface area contributed by atoms with Gasteiger partial charge >= 0.3 is 0 Å². The van der Waals surface area contributed by atoms with Gasteiger partial charge in [0.15, 0.2) is 5.78 Å². The SMILES string of the molecule is Cc1ccc2c(c1)NC(c1ccccc1Cl)C1=C(CC(C)(C)CC1=O)N2. The summed E-state index contributed by atoms with van der Waals surface area (Å²) in [5.41, 5.74) is 5.87. The molecule has 26 heavy (non-hydrogen) atoms. The number of anilines is 2. The monoisotopic (exact) mass is 366 g/mol. The topological polar surface area (TPSA) is 41.1 Å². The van der Waals surface area contributed by atoms with Gasteiger partial charge in [-0.25, -0.2) is 0 Å². The maximum Gasteiger partial charge on any atom is 0.163 e. The Labute approximate surface area is 159 Å². The van der Waals surface area contributed by atoms with Crippen LogP contribution >= 0.6 is 11.6 Å². The van der Waals surface area contributed by atoms with Crippen LogP contribution in [0.4, 0.5) is 11.4 Å². The van der Waals surface area contributed by atoms with E-state index in [-0.39, 0.29) is 17.2 Å². The van der Waals surface area contributed by atoms with E-state index in [1.54, 1.807) is 0 Å². The molecule has 0 spiro atoms. The van der Waals surface area contributed by atoms with Crippen molar-refractivity contribution in [1.82, 2.24) is 0 Å². The molecule has 1 unspecified atom stereocenters. The van der Waals surface area contributed by atoms with E-state index < -0.39 is 0 Å². The molecule has 0 fully saturated rings. The lowest BCUT2D eigenvalue weighted by Gasteiger charge is -2.34. The summed E-state index contributed by atoms with van der Waals surface area (Å²) in [6.07, 6.45) is 1.38. The van der Waals surface area contributed by atoms with E-state index in [1.165, 1.54) is 5.56 Å². The smallest absolute Gasteiger partial charge is 0.163 e. The molecule has 1 aliphatic carbocycles. The first-order valence-electron chi connectivity index (χ1n) is 8.99. The first-order valence-corrected chi connectivity index (χ1v) is 9.37. The minimum Gasteiger partial charge on any atom is -0.372 e. The minimum absolute atomic E-state index is 0.0524. The largest absolute Gasteiger partial charge is 0.372 e. The average molecular weight is 367 g/mol. The van der Waals surface area contributed by atoms with Crippen LogP contribution in [0, 0.1) is 12.3 Å². The molecule has 2 aromatic carbocycles. The second kappa shape index (κ2) is 6.17. The number of benzene rings is 2. The van der Waals surface area contributed by atoms with Crippen molar-refractivity contribution in [3.05, 3.63) is 69.9 Å². The highest BCUT2D eigenvalue weighted by molar-refractivity contribution is 6.31. The van der Waals surface area contributed by atoms with Crippen molar-refractivity contribution in [2.24, 2.45) is 5.41 Å². The highest BCUT2D eigenvalue weighted by atomic mass is 35.5. The molecule has 0 aromatic heterocycles. The van der Waals surface area contributed by atoms with Gasteiger partial charge in [0.1, 0.15) is 0 Å². The standard InChI is InChI=1S/C22H23ClN2O/c1-13-8-9-16-17(10-13)25-21(14-6-4-5-7-15(14)23)20-18(24-16)11-22(2,3)12-19(20)26/h4-10,21,24-25H,11-12H2,1-3H3. The summed E-state index contributed by atoms with van der Waals surface area (Å²) in [4.78, 5) is 13.1. The van der Waals surface area contributed by atoms with Gasteiger partial charge in [-0.05, 0) is 48.1 Å². The van der Waals surface area contributed by atoms with Gasteiger partial charge in [-0.1, -0.05) is 49.7 Å². The summed E-state index contributed by atoms with van der Waals surface area (Å²) >= 11 is 6.51. The Morgan fingerprint density at radius 1 is 1.08 bits per heavy atom. The second-order valence-corrected chi connectivity index (χ2v) is 8.51. The van der Waals surface area contributed by atoms with E-state index in [2.05, 4.69) is 49.6 Å². The Balaban J connectivity index is 1.92. The zero-order valence-corrected chi connectivity index (χ0v) is 16.1. The van der Waals surface area contributed by atoms with Crippen molar-refractivity contribution in [3.63, 3.8) is 0 Å². The van der Waals surface area contributed by atoms with Gasteiger partial charge < -0.3 is 10.6 Å². The van der Waals surface area contributed by atoms with E-state index in [0.29, 0.717) is 11.4 Å². The zero-order valence-electron chi connectivity index (χ0n) is 15.3. The number of carbonyl (C=O) groups is 1. The third-order valence-corrected chi connectivity index (χ3v) is 5.53. The molecular weight excluding hydrogens is 344 g/mol. The highest BCUT2D eigenvalue weighted by Gasteiger charge is 2.39.